The zero-order chi connectivity index (χ0) is 11.6. The van der Waals surface area contributed by atoms with Gasteiger partial charge in [-0.15, -0.1) is 0 Å². The van der Waals surface area contributed by atoms with Crippen LogP contribution in [-0.4, -0.2) is 29.7 Å². The second-order valence-corrected chi connectivity index (χ2v) is 4.34. The van der Waals surface area contributed by atoms with Crippen molar-refractivity contribution in [1.29, 1.82) is 0 Å². The molecular formula is C11H16N2O3. The van der Waals surface area contributed by atoms with Crippen molar-refractivity contribution in [1.82, 2.24) is 10.6 Å². The molecule has 0 saturated carbocycles. The Morgan fingerprint density at radius 3 is 2.94 bits per heavy atom. The van der Waals surface area contributed by atoms with Gasteiger partial charge in [0.1, 0.15) is 5.76 Å². The van der Waals surface area contributed by atoms with Gasteiger partial charge in [0.15, 0.2) is 0 Å². The van der Waals surface area contributed by atoms with Crippen LogP contribution in [0.15, 0.2) is 22.8 Å². The van der Waals surface area contributed by atoms with Crippen LogP contribution in [0.2, 0.25) is 0 Å². The van der Waals surface area contributed by atoms with Crippen LogP contribution in [0.1, 0.15) is 25.1 Å². The lowest BCUT2D eigenvalue weighted by Crippen LogP contribution is -2.68. The van der Waals surface area contributed by atoms with E-state index in [1.165, 1.54) is 0 Å². The SMILES string of the molecule is CC(NC1(CC(=O)O)CNC1)c1ccco1. The monoisotopic (exact) mass is 224 g/mol. The molecule has 1 atom stereocenters. The van der Waals surface area contributed by atoms with E-state index in [9.17, 15) is 4.79 Å². The molecule has 1 aliphatic rings. The Labute approximate surface area is 93.8 Å². The van der Waals surface area contributed by atoms with E-state index in [0.29, 0.717) is 13.1 Å². The van der Waals surface area contributed by atoms with Crippen molar-refractivity contribution in [2.45, 2.75) is 24.9 Å². The van der Waals surface area contributed by atoms with Crippen LogP contribution in [0.3, 0.4) is 0 Å². The second-order valence-electron chi connectivity index (χ2n) is 4.34. The molecule has 1 aromatic heterocycles. The van der Waals surface area contributed by atoms with Crippen LogP contribution in [-0.2, 0) is 4.79 Å². The summed E-state index contributed by atoms with van der Waals surface area (Å²) in [5, 5.41) is 15.3. The van der Waals surface area contributed by atoms with Gasteiger partial charge in [0.25, 0.3) is 0 Å². The number of hydrogen-bond acceptors (Lipinski definition) is 4. The maximum absolute atomic E-state index is 10.8. The van der Waals surface area contributed by atoms with Crippen molar-refractivity contribution in [3.63, 3.8) is 0 Å². The zero-order valence-corrected chi connectivity index (χ0v) is 9.19. The number of rotatable bonds is 5. The molecule has 1 aromatic rings. The van der Waals surface area contributed by atoms with Crippen LogP contribution >= 0.6 is 0 Å². The summed E-state index contributed by atoms with van der Waals surface area (Å²) in [5.41, 5.74) is -0.335. The summed E-state index contributed by atoms with van der Waals surface area (Å²) in [4.78, 5) is 10.8. The number of carboxylic acid groups (broad SMARTS) is 1. The van der Waals surface area contributed by atoms with Crippen molar-refractivity contribution in [2.75, 3.05) is 13.1 Å². The van der Waals surface area contributed by atoms with Crippen LogP contribution in [0.4, 0.5) is 0 Å². The lowest BCUT2D eigenvalue weighted by molar-refractivity contribution is -0.139. The Balaban J connectivity index is 1.99. The first-order valence-electron chi connectivity index (χ1n) is 5.35. The van der Waals surface area contributed by atoms with Crippen LogP contribution in [0, 0.1) is 0 Å². The number of carbonyl (C=O) groups is 1. The molecule has 16 heavy (non-hydrogen) atoms. The minimum atomic E-state index is -0.777. The van der Waals surface area contributed by atoms with E-state index in [2.05, 4.69) is 10.6 Å². The highest BCUT2D eigenvalue weighted by Gasteiger charge is 2.40. The predicted octanol–water partition coefficient (Wildman–Crippen LogP) is 0.747. The molecule has 0 radical (unpaired) electrons. The lowest BCUT2D eigenvalue weighted by atomic mass is 9.87. The van der Waals surface area contributed by atoms with Crippen LogP contribution in [0.25, 0.3) is 0 Å². The molecule has 1 fully saturated rings. The number of aliphatic carboxylic acids is 1. The molecule has 5 heteroatoms. The van der Waals surface area contributed by atoms with E-state index in [1.54, 1.807) is 6.26 Å². The van der Waals surface area contributed by atoms with Crippen molar-refractivity contribution in [2.24, 2.45) is 0 Å². The molecule has 2 rings (SSSR count). The minimum Gasteiger partial charge on any atom is -0.481 e. The average molecular weight is 224 g/mol. The van der Waals surface area contributed by atoms with Crippen molar-refractivity contribution < 1.29 is 14.3 Å². The van der Waals surface area contributed by atoms with E-state index in [-0.39, 0.29) is 18.0 Å². The number of hydrogen-bond donors (Lipinski definition) is 3. The van der Waals surface area contributed by atoms with Crippen molar-refractivity contribution in [3.8, 4) is 0 Å². The third-order valence-electron chi connectivity index (χ3n) is 2.91. The van der Waals surface area contributed by atoms with Crippen LogP contribution < -0.4 is 10.6 Å². The zero-order valence-electron chi connectivity index (χ0n) is 9.19. The van der Waals surface area contributed by atoms with Gasteiger partial charge in [-0.25, -0.2) is 0 Å². The molecule has 2 heterocycles. The second kappa shape index (κ2) is 4.27. The summed E-state index contributed by atoms with van der Waals surface area (Å²) in [6.07, 6.45) is 1.75. The lowest BCUT2D eigenvalue weighted by Gasteiger charge is -2.44. The Bertz CT molecular complexity index is 357. The van der Waals surface area contributed by atoms with Gasteiger partial charge in [0.2, 0.25) is 0 Å². The Morgan fingerprint density at radius 2 is 2.50 bits per heavy atom. The predicted molar refractivity (Wildman–Crippen MR) is 58.1 cm³/mol. The van der Waals surface area contributed by atoms with E-state index in [0.717, 1.165) is 5.76 Å². The average Bonchev–Trinajstić information content (AvgIpc) is 2.66. The van der Waals surface area contributed by atoms with Gasteiger partial charge in [-0.05, 0) is 19.1 Å². The topological polar surface area (TPSA) is 74.5 Å². The van der Waals surface area contributed by atoms with E-state index in [1.807, 2.05) is 19.1 Å². The largest absolute Gasteiger partial charge is 0.481 e. The van der Waals surface area contributed by atoms with E-state index < -0.39 is 5.97 Å². The fourth-order valence-electron chi connectivity index (χ4n) is 2.06. The molecule has 1 unspecified atom stereocenters. The molecule has 0 amide bonds. The summed E-state index contributed by atoms with van der Waals surface area (Å²) >= 11 is 0. The van der Waals surface area contributed by atoms with Gasteiger partial charge >= 0.3 is 5.97 Å². The molecule has 3 N–H and O–H groups in total. The summed E-state index contributed by atoms with van der Waals surface area (Å²) in [7, 11) is 0. The van der Waals surface area contributed by atoms with Crippen molar-refractivity contribution >= 4 is 5.97 Å². The third-order valence-corrected chi connectivity index (χ3v) is 2.91. The molecule has 0 aliphatic carbocycles. The molecule has 1 aliphatic heterocycles. The maximum atomic E-state index is 10.8. The molecular weight excluding hydrogens is 208 g/mol. The van der Waals surface area contributed by atoms with Gasteiger partial charge in [0, 0.05) is 13.1 Å². The molecule has 1 saturated heterocycles. The third kappa shape index (κ3) is 2.25. The van der Waals surface area contributed by atoms with Gasteiger partial charge in [-0.3, -0.25) is 10.1 Å². The van der Waals surface area contributed by atoms with Gasteiger partial charge in [-0.2, -0.15) is 0 Å². The summed E-state index contributed by atoms with van der Waals surface area (Å²) in [6, 6.07) is 3.74. The normalized spacial score (nSPS) is 20.1. The molecule has 0 bridgehead atoms. The molecule has 5 nitrogen and oxygen atoms in total. The highest BCUT2D eigenvalue weighted by Crippen LogP contribution is 2.22. The summed E-state index contributed by atoms with van der Waals surface area (Å²) < 4.78 is 5.28. The molecule has 0 aromatic carbocycles. The number of carboxylic acids is 1. The maximum Gasteiger partial charge on any atom is 0.305 e. The van der Waals surface area contributed by atoms with E-state index >= 15 is 0 Å². The van der Waals surface area contributed by atoms with Gasteiger partial charge < -0.3 is 14.8 Å². The minimum absolute atomic E-state index is 0.0245. The quantitative estimate of drug-likeness (QED) is 0.688. The first kappa shape index (κ1) is 11.2. The number of nitrogens with one attached hydrogen (secondary N) is 2. The standard InChI is InChI=1S/C11H16N2O3/c1-8(9-3-2-4-16-9)13-11(5-10(14)15)6-12-7-11/h2-4,8,12-13H,5-7H2,1H3,(H,14,15). The highest BCUT2D eigenvalue weighted by atomic mass is 16.4. The Hall–Kier alpha value is -1.33. The summed E-state index contributed by atoms with van der Waals surface area (Å²) in [6.45, 7) is 3.34. The van der Waals surface area contributed by atoms with Gasteiger partial charge in [-0.1, -0.05) is 0 Å². The number of furan rings is 1. The smallest absolute Gasteiger partial charge is 0.305 e. The van der Waals surface area contributed by atoms with E-state index in [4.69, 9.17) is 9.52 Å². The molecule has 88 valence electrons. The first-order valence-corrected chi connectivity index (χ1v) is 5.35. The molecule has 0 spiro atoms. The first-order chi connectivity index (χ1) is 7.61. The van der Waals surface area contributed by atoms with Crippen LogP contribution in [0.5, 0.6) is 0 Å². The fraction of sp³-hybridized carbons (Fsp3) is 0.545. The van der Waals surface area contributed by atoms with Gasteiger partial charge in [0.05, 0.1) is 24.3 Å². The summed E-state index contributed by atoms with van der Waals surface area (Å²) in [5.74, 6) is 0.0531. The van der Waals surface area contributed by atoms with Crippen molar-refractivity contribution in [3.05, 3.63) is 24.2 Å². The fourth-order valence-corrected chi connectivity index (χ4v) is 2.06. The highest BCUT2D eigenvalue weighted by molar-refractivity contribution is 5.68. The Kier molecular flexibility index (Phi) is 2.98. The Morgan fingerprint density at radius 1 is 1.75 bits per heavy atom.